The molecule has 0 fully saturated rings. The van der Waals surface area contributed by atoms with Gasteiger partial charge in [-0.1, -0.05) is 30.3 Å². The number of benzene rings is 1. The van der Waals surface area contributed by atoms with E-state index in [2.05, 4.69) is 37.2 Å². The third-order valence-electron chi connectivity index (χ3n) is 3.20. The van der Waals surface area contributed by atoms with Crippen LogP contribution in [0.15, 0.2) is 55.2 Å². The second-order valence-corrected chi connectivity index (χ2v) is 4.61. The molecule has 2 heterocycles. The highest BCUT2D eigenvalue weighted by atomic mass is 15.1. The number of aromatic nitrogens is 4. The summed E-state index contributed by atoms with van der Waals surface area (Å²) in [6.45, 7) is 2.61. The standard InChI is InChI=1S/C15H17N5/c1-2-4-13(5-3-1)15-14(11-18-19-15)10-16-6-8-20-9-7-17-12-20/h1-5,7,9,11-12,16H,6,8,10H2,(H,18,19). The summed E-state index contributed by atoms with van der Waals surface area (Å²) < 4.78 is 2.06. The predicted molar refractivity (Wildman–Crippen MR) is 78.0 cm³/mol. The van der Waals surface area contributed by atoms with Crippen LogP contribution in [-0.4, -0.2) is 26.3 Å². The van der Waals surface area contributed by atoms with Gasteiger partial charge in [-0.15, -0.1) is 0 Å². The fraction of sp³-hybridized carbons (Fsp3) is 0.200. The Morgan fingerprint density at radius 3 is 2.90 bits per heavy atom. The Kier molecular flexibility index (Phi) is 3.89. The first kappa shape index (κ1) is 12.6. The lowest BCUT2D eigenvalue weighted by Crippen LogP contribution is -2.19. The number of nitrogens with one attached hydrogen (secondary N) is 2. The van der Waals surface area contributed by atoms with Crippen LogP contribution in [-0.2, 0) is 13.1 Å². The van der Waals surface area contributed by atoms with Crippen LogP contribution in [0, 0.1) is 0 Å². The molecular weight excluding hydrogens is 250 g/mol. The summed E-state index contributed by atoms with van der Waals surface area (Å²) in [6, 6.07) is 10.3. The van der Waals surface area contributed by atoms with Gasteiger partial charge in [0.05, 0.1) is 18.2 Å². The monoisotopic (exact) mass is 267 g/mol. The topological polar surface area (TPSA) is 58.5 Å². The van der Waals surface area contributed by atoms with E-state index in [9.17, 15) is 0 Å². The lowest BCUT2D eigenvalue weighted by atomic mass is 10.1. The molecule has 0 spiro atoms. The van der Waals surface area contributed by atoms with Gasteiger partial charge in [-0.3, -0.25) is 5.10 Å². The van der Waals surface area contributed by atoms with Gasteiger partial charge < -0.3 is 9.88 Å². The summed E-state index contributed by atoms with van der Waals surface area (Å²) >= 11 is 0. The Balaban J connectivity index is 1.57. The zero-order valence-corrected chi connectivity index (χ0v) is 11.2. The lowest BCUT2D eigenvalue weighted by molar-refractivity contribution is 0.598. The third kappa shape index (κ3) is 2.95. The van der Waals surface area contributed by atoms with Crippen LogP contribution >= 0.6 is 0 Å². The van der Waals surface area contributed by atoms with E-state index in [0.717, 1.165) is 30.9 Å². The molecular formula is C15H17N5. The summed E-state index contributed by atoms with van der Waals surface area (Å²) in [5, 5.41) is 10.6. The molecule has 1 aromatic carbocycles. The molecule has 102 valence electrons. The van der Waals surface area contributed by atoms with E-state index in [-0.39, 0.29) is 0 Å². The van der Waals surface area contributed by atoms with E-state index in [1.165, 1.54) is 5.56 Å². The molecule has 0 aliphatic heterocycles. The Morgan fingerprint density at radius 2 is 2.10 bits per heavy atom. The number of H-pyrrole nitrogens is 1. The molecule has 5 nitrogen and oxygen atoms in total. The van der Waals surface area contributed by atoms with Crippen LogP contribution in [0.5, 0.6) is 0 Å². The van der Waals surface area contributed by atoms with Crippen molar-refractivity contribution in [2.75, 3.05) is 6.54 Å². The average Bonchev–Trinajstić information content (AvgIpc) is 3.16. The van der Waals surface area contributed by atoms with E-state index >= 15 is 0 Å². The maximum absolute atomic E-state index is 4.15. The zero-order chi connectivity index (χ0) is 13.6. The van der Waals surface area contributed by atoms with Crippen molar-refractivity contribution in [2.24, 2.45) is 0 Å². The molecule has 0 saturated heterocycles. The molecule has 0 aliphatic rings. The van der Waals surface area contributed by atoms with E-state index in [1.54, 1.807) is 6.20 Å². The highest BCUT2D eigenvalue weighted by Gasteiger charge is 2.06. The molecule has 0 amide bonds. The average molecular weight is 267 g/mol. The van der Waals surface area contributed by atoms with Gasteiger partial charge in [0.1, 0.15) is 0 Å². The van der Waals surface area contributed by atoms with E-state index < -0.39 is 0 Å². The summed E-state index contributed by atoms with van der Waals surface area (Å²) in [5.41, 5.74) is 3.43. The first-order valence-corrected chi connectivity index (χ1v) is 6.67. The Bertz CT molecular complexity index is 627. The smallest absolute Gasteiger partial charge is 0.0946 e. The first-order valence-electron chi connectivity index (χ1n) is 6.67. The maximum atomic E-state index is 4.15. The van der Waals surface area contributed by atoms with Gasteiger partial charge in [-0.25, -0.2) is 4.98 Å². The lowest BCUT2D eigenvalue weighted by Gasteiger charge is -2.06. The number of nitrogens with zero attached hydrogens (tertiary/aromatic N) is 3. The Labute approximate surface area is 117 Å². The molecule has 0 bridgehead atoms. The van der Waals surface area contributed by atoms with E-state index in [1.807, 2.05) is 36.9 Å². The number of hydrogen-bond donors (Lipinski definition) is 2. The van der Waals surface area contributed by atoms with Gasteiger partial charge in [0.15, 0.2) is 0 Å². The molecule has 0 radical (unpaired) electrons. The highest BCUT2D eigenvalue weighted by molar-refractivity contribution is 5.62. The van der Waals surface area contributed by atoms with Gasteiger partial charge >= 0.3 is 0 Å². The third-order valence-corrected chi connectivity index (χ3v) is 3.20. The van der Waals surface area contributed by atoms with Crippen molar-refractivity contribution in [3.8, 4) is 11.3 Å². The fourth-order valence-electron chi connectivity index (χ4n) is 2.15. The van der Waals surface area contributed by atoms with Crippen molar-refractivity contribution in [2.45, 2.75) is 13.1 Å². The van der Waals surface area contributed by atoms with Gasteiger partial charge in [-0.2, -0.15) is 5.10 Å². The molecule has 0 saturated carbocycles. The zero-order valence-electron chi connectivity index (χ0n) is 11.2. The summed E-state index contributed by atoms with van der Waals surface area (Å²) in [6.07, 6.45) is 7.47. The van der Waals surface area contributed by atoms with Crippen LogP contribution < -0.4 is 5.32 Å². The van der Waals surface area contributed by atoms with Crippen LogP contribution in [0.2, 0.25) is 0 Å². The normalized spacial score (nSPS) is 10.8. The summed E-state index contributed by atoms with van der Waals surface area (Å²) in [5.74, 6) is 0. The van der Waals surface area contributed by atoms with Gasteiger partial charge in [0.25, 0.3) is 0 Å². The van der Waals surface area contributed by atoms with Crippen LogP contribution in [0.3, 0.4) is 0 Å². The minimum Gasteiger partial charge on any atom is -0.336 e. The molecule has 3 rings (SSSR count). The molecule has 20 heavy (non-hydrogen) atoms. The second-order valence-electron chi connectivity index (χ2n) is 4.61. The van der Waals surface area contributed by atoms with Crippen molar-refractivity contribution in [1.29, 1.82) is 0 Å². The van der Waals surface area contributed by atoms with Gasteiger partial charge in [0, 0.05) is 37.6 Å². The first-order chi connectivity index (χ1) is 9.93. The number of rotatable bonds is 6. The van der Waals surface area contributed by atoms with Gasteiger partial charge in [-0.05, 0) is 5.56 Å². The van der Waals surface area contributed by atoms with Crippen LogP contribution in [0.1, 0.15) is 5.56 Å². The predicted octanol–water partition coefficient (Wildman–Crippen LogP) is 2.06. The number of hydrogen-bond acceptors (Lipinski definition) is 3. The fourth-order valence-corrected chi connectivity index (χ4v) is 2.15. The van der Waals surface area contributed by atoms with Gasteiger partial charge in [0.2, 0.25) is 0 Å². The Hall–Kier alpha value is -2.40. The van der Waals surface area contributed by atoms with E-state index in [0.29, 0.717) is 0 Å². The SMILES string of the molecule is c1ccc(-c2[nH]ncc2CNCCn2ccnc2)cc1. The van der Waals surface area contributed by atoms with Crippen LogP contribution in [0.25, 0.3) is 11.3 Å². The Morgan fingerprint density at radius 1 is 1.20 bits per heavy atom. The summed E-state index contributed by atoms with van der Waals surface area (Å²) in [7, 11) is 0. The second kappa shape index (κ2) is 6.16. The largest absolute Gasteiger partial charge is 0.336 e. The van der Waals surface area contributed by atoms with Crippen molar-refractivity contribution in [1.82, 2.24) is 25.1 Å². The van der Waals surface area contributed by atoms with Crippen molar-refractivity contribution < 1.29 is 0 Å². The maximum Gasteiger partial charge on any atom is 0.0946 e. The quantitative estimate of drug-likeness (QED) is 0.672. The van der Waals surface area contributed by atoms with Crippen molar-refractivity contribution >= 4 is 0 Å². The molecule has 0 atom stereocenters. The summed E-state index contributed by atoms with van der Waals surface area (Å²) in [4.78, 5) is 4.02. The van der Waals surface area contributed by atoms with Crippen molar-refractivity contribution in [3.63, 3.8) is 0 Å². The minimum atomic E-state index is 0.801. The molecule has 2 N–H and O–H groups in total. The minimum absolute atomic E-state index is 0.801. The number of imidazole rings is 1. The van der Waals surface area contributed by atoms with Crippen LogP contribution in [0.4, 0.5) is 0 Å². The molecule has 3 aromatic rings. The van der Waals surface area contributed by atoms with E-state index in [4.69, 9.17) is 0 Å². The molecule has 2 aromatic heterocycles. The highest BCUT2D eigenvalue weighted by Crippen LogP contribution is 2.20. The number of aromatic amines is 1. The molecule has 5 heteroatoms. The molecule has 0 unspecified atom stereocenters. The van der Waals surface area contributed by atoms with Crippen molar-refractivity contribution in [3.05, 3.63) is 60.8 Å². The molecule has 0 aliphatic carbocycles.